The Morgan fingerprint density at radius 1 is 1.54 bits per heavy atom. The van der Waals surface area contributed by atoms with E-state index in [1.54, 1.807) is 0 Å². The van der Waals surface area contributed by atoms with Crippen molar-refractivity contribution in [3.8, 4) is 0 Å². The standard InChI is InChI=1S/C7H6BrF2N3/c8-4-1-2-13(5(11)3-4)7(12)6(9)10/h1-3,6,11-12H. The molecule has 0 aliphatic carbocycles. The SMILES string of the molecule is N=C(C(F)F)n1ccc(Br)cc1=N. The second-order valence-electron chi connectivity index (χ2n) is 2.29. The Morgan fingerprint density at radius 2 is 2.15 bits per heavy atom. The van der Waals surface area contributed by atoms with Crippen molar-refractivity contribution in [2.75, 3.05) is 0 Å². The lowest BCUT2D eigenvalue weighted by molar-refractivity contribution is 0.219. The molecule has 0 radical (unpaired) electrons. The van der Waals surface area contributed by atoms with Crippen LogP contribution in [0.2, 0.25) is 0 Å². The summed E-state index contributed by atoms with van der Waals surface area (Å²) in [6.45, 7) is 0. The second-order valence-corrected chi connectivity index (χ2v) is 3.20. The van der Waals surface area contributed by atoms with Crippen molar-refractivity contribution in [1.29, 1.82) is 10.8 Å². The van der Waals surface area contributed by atoms with Crippen LogP contribution in [0.4, 0.5) is 8.78 Å². The molecule has 0 aliphatic rings. The van der Waals surface area contributed by atoms with Crippen LogP contribution in [0.1, 0.15) is 0 Å². The Balaban J connectivity index is 3.17. The molecule has 0 saturated heterocycles. The van der Waals surface area contributed by atoms with Gasteiger partial charge in [-0.2, -0.15) is 0 Å². The van der Waals surface area contributed by atoms with Crippen LogP contribution in [0, 0.1) is 10.8 Å². The van der Waals surface area contributed by atoms with Crippen LogP contribution in [0.15, 0.2) is 22.8 Å². The molecule has 70 valence electrons. The summed E-state index contributed by atoms with van der Waals surface area (Å²) in [7, 11) is 0. The Labute approximate surface area is 81.2 Å². The Hall–Kier alpha value is -1.04. The zero-order valence-corrected chi connectivity index (χ0v) is 7.98. The van der Waals surface area contributed by atoms with Crippen LogP contribution in [-0.4, -0.2) is 16.8 Å². The maximum Gasteiger partial charge on any atom is 0.295 e. The smallest absolute Gasteiger partial charge is 0.286 e. The molecule has 0 spiro atoms. The normalized spacial score (nSPS) is 10.5. The fourth-order valence-electron chi connectivity index (χ4n) is 0.790. The summed E-state index contributed by atoms with van der Waals surface area (Å²) in [6.07, 6.45) is -1.61. The minimum Gasteiger partial charge on any atom is -0.286 e. The largest absolute Gasteiger partial charge is 0.295 e. The third-order valence-corrected chi connectivity index (χ3v) is 1.88. The lowest BCUT2D eigenvalue weighted by Gasteiger charge is -2.06. The summed E-state index contributed by atoms with van der Waals surface area (Å²) in [5.74, 6) is -0.891. The molecule has 0 bridgehead atoms. The highest BCUT2D eigenvalue weighted by atomic mass is 79.9. The summed E-state index contributed by atoms with van der Waals surface area (Å²) < 4.78 is 25.5. The van der Waals surface area contributed by atoms with Gasteiger partial charge in [-0.05, 0) is 12.1 Å². The molecule has 13 heavy (non-hydrogen) atoms. The highest BCUT2D eigenvalue weighted by molar-refractivity contribution is 9.10. The molecule has 0 amide bonds. The van der Waals surface area contributed by atoms with E-state index in [1.807, 2.05) is 0 Å². The Bertz CT molecular complexity index is 386. The number of nitrogens with zero attached hydrogens (tertiary/aromatic N) is 1. The minimum atomic E-state index is -2.87. The van der Waals surface area contributed by atoms with Crippen molar-refractivity contribution in [3.63, 3.8) is 0 Å². The molecule has 3 nitrogen and oxygen atoms in total. The quantitative estimate of drug-likeness (QED) is 0.564. The fraction of sp³-hybridized carbons (Fsp3) is 0.143. The number of rotatable bonds is 1. The zero-order valence-electron chi connectivity index (χ0n) is 6.39. The highest BCUT2D eigenvalue weighted by Crippen LogP contribution is 2.04. The number of hydrogen-bond acceptors (Lipinski definition) is 2. The molecule has 0 fully saturated rings. The molecule has 2 N–H and O–H groups in total. The minimum absolute atomic E-state index is 0.153. The van der Waals surface area contributed by atoms with Crippen molar-refractivity contribution in [1.82, 2.24) is 4.57 Å². The summed E-state index contributed by atoms with van der Waals surface area (Å²) in [4.78, 5) is 0. The van der Waals surface area contributed by atoms with Gasteiger partial charge in [0.25, 0.3) is 6.43 Å². The van der Waals surface area contributed by atoms with Crippen LogP contribution < -0.4 is 5.49 Å². The van der Waals surface area contributed by atoms with E-state index in [-0.39, 0.29) is 5.49 Å². The van der Waals surface area contributed by atoms with E-state index >= 15 is 0 Å². The Morgan fingerprint density at radius 3 is 2.62 bits per heavy atom. The van der Waals surface area contributed by atoms with E-state index in [1.165, 1.54) is 18.3 Å². The first-order valence-corrected chi connectivity index (χ1v) is 4.11. The van der Waals surface area contributed by atoms with Crippen LogP contribution >= 0.6 is 15.9 Å². The van der Waals surface area contributed by atoms with Crippen molar-refractivity contribution in [2.45, 2.75) is 6.43 Å². The maximum absolute atomic E-state index is 12.1. The molecule has 0 saturated carbocycles. The average molecular weight is 250 g/mol. The van der Waals surface area contributed by atoms with Gasteiger partial charge in [0.05, 0.1) is 0 Å². The van der Waals surface area contributed by atoms with E-state index in [9.17, 15) is 8.78 Å². The number of pyridine rings is 1. The van der Waals surface area contributed by atoms with Gasteiger partial charge in [-0.15, -0.1) is 0 Å². The van der Waals surface area contributed by atoms with Crippen LogP contribution in [0.5, 0.6) is 0 Å². The van der Waals surface area contributed by atoms with E-state index in [2.05, 4.69) is 15.9 Å². The van der Waals surface area contributed by atoms with Crippen LogP contribution in [0.25, 0.3) is 0 Å². The van der Waals surface area contributed by atoms with Gasteiger partial charge >= 0.3 is 0 Å². The molecule has 1 heterocycles. The maximum atomic E-state index is 12.1. The third-order valence-electron chi connectivity index (χ3n) is 1.38. The van der Waals surface area contributed by atoms with Crippen molar-refractivity contribution >= 4 is 21.8 Å². The first-order valence-electron chi connectivity index (χ1n) is 3.32. The zero-order chi connectivity index (χ0) is 10.0. The lowest BCUT2D eigenvalue weighted by Crippen LogP contribution is -2.30. The molecule has 1 aromatic rings. The number of halogens is 3. The van der Waals surface area contributed by atoms with Crippen LogP contribution in [0.3, 0.4) is 0 Å². The average Bonchev–Trinajstić information content (AvgIpc) is 2.03. The lowest BCUT2D eigenvalue weighted by atomic mass is 10.4. The fourth-order valence-corrected chi connectivity index (χ4v) is 1.12. The second kappa shape index (κ2) is 3.78. The van der Waals surface area contributed by atoms with Gasteiger partial charge in [-0.3, -0.25) is 15.4 Å². The number of aromatic nitrogens is 1. The molecular formula is C7H6BrF2N3. The molecule has 0 aromatic carbocycles. The first kappa shape index (κ1) is 10.0. The molecule has 0 unspecified atom stereocenters. The van der Waals surface area contributed by atoms with Crippen molar-refractivity contribution in [2.24, 2.45) is 0 Å². The van der Waals surface area contributed by atoms with Gasteiger partial charge in [0.15, 0.2) is 5.84 Å². The predicted octanol–water partition coefficient (Wildman–Crippen LogP) is 1.82. The number of nitrogens with one attached hydrogen (secondary N) is 2. The molecule has 0 atom stereocenters. The third kappa shape index (κ3) is 2.21. The Kier molecular flexibility index (Phi) is 2.92. The van der Waals surface area contributed by atoms with E-state index in [0.29, 0.717) is 4.47 Å². The molecular weight excluding hydrogens is 244 g/mol. The van der Waals surface area contributed by atoms with E-state index in [0.717, 1.165) is 4.57 Å². The highest BCUT2D eigenvalue weighted by Gasteiger charge is 2.12. The van der Waals surface area contributed by atoms with Gasteiger partial charge in [-0.25, -0.2) is 8.78 Å². The molecule has 0 aliphatic heterocycles. The summed E-state index contributed by atoms with van der Waals surface area (Å²) in [6, 6.07) is 2.84. The van der Waals surface area contributed by atoms with Gasteiger partial charge in [0.2, 0.25) is 0 Å². The van der Waals surface area contributed by atoms with Crippen molar-refractivity contribution in [3.05, 3.63) is 28.3 Å². The summed E-state index contributed by atoms with van der Waals surface area (Å²) in [5, 5.41) is 14.3. The first-order chi connectivity index (χ1) is 6.02. The summed E-state index contributed by atoms with van der Waals surface area (Å²) in [5.41, 5.74) is -0.153. The number of alkyl halides is 2. The predicted molar refractivity (Wildman–Crippen MR) is 47.1 cm³/mol. The molecule has 1 aromatic heterocycles. The van der Waals surface area contributed by atoms with Gasteiger partial charge in [0, 0.05) is 10.7 Å². The van der Waals surface area contributed by atoms with E-state index < -0.39 is 12.3 Å². The van der Waals surface area contributed by atoms with E-state index in [4.69, 9.17) is 10.8 Å². The van der Waals surface area contributed by atoms with Gasteiger partial charge in [-0.1, -0.05) is 15.9 Å². The number of hydrogen-bond donors (Lipinski definition) is 2. The molecule has 1 rings (SSSR count). The topological polar surface area (TPSA) is 52.6 Å². The monoisotopic (exact) mass is 249 g/mol. The summed E-state index contributed by atoms with van der Waals surface area (Å²) >= 11 is 3.09. The van der Waals surface area contributed by atoms with Gasteiger partial charge in [0.1, 0.15) is 5.49 Å². The van der Waals surface area contributed by atoms with Crippen molar-refractivity contribution < 1.29 is 8.78 Å². The molecule has 6 heteroatoms. The van der Waals surface area contributed by atoms with Crippen LogP contribution in [-0.2, 0) is 0 Å². The van der Waals surface area contributed by atoms with Gasteiger partial charge < -0.3 is 0 Å².